The normalized spacial score (nSPS) is 19.0. The first-order valence-electron chi connectivity index (χ1n) is 4.67. The summed E-state index contributed by atoms with van der Waals surface area (Å²) in [5.41, 5.74) is 2.96. The minimum Gasteiger partial charge on any atom is -0.216 e. The smallest absolute Gasteiger partial charge is 0.102 e. The first-order chi connectivity index (χ1) is 7.30. The number of nitrogens with one attached hydrogen (secondary N) is 1. The number of hydrogen-bond acceptors (Lipinski definition) is 6. The number of rotatable bonds is 3. The van der Waals surface area contributed by atoms with Crippen molar-refractivity contribution in [2.45, 2.75) is 6.42 Å². The van der Waals surface area contributed by atoms with E-state index in [4.69, 9.17) is 15.8 Å². The summed E-state index contributed by atoms with van der Waals surface area (Å²) in [6.45, 7) is 1.85. The van der Waals surface area contributed by atoms with Crippen molar-refractivity contribution < 1.29 is 0 Å². The quantitative estimate of drug-likeness (QED) is 0.629. The van der Waals surface area contributed by atoms with Crippen molar-refractivity contribution in [2.75, 3.05) is 26.2 Å². The molecule has 1 fully saturated rings. The molecule has 0 aromatic carbocycles. The Bertz CT molecular complexity index is 261. The molecule has 0 atom stereocenters. The second-order valence-corrected chi connectivity index (χ2v) is 3.41. The Hall–Kier alpha value is -1.65. The second kappa shape index (κ2) is 5.95. The maximum Gasteiger partial charge on any atom is 0.102 e. The molecule has 0 radical (unpaired) electrons. The van der Waals surface area contributed by atoms with E-state index in [-0.39, 0.29) is 19.0 Å². The standard InChI is InChI=1S/C9H12N6/c10-2-1-9-7-14(5-3-11)13-15(8-9)6-4-12/h9,13H,1,5-8H2. The van der Waals surface area contributed by atoms with Crippen molar-refractivity contribution in [2.24, 2.45) is 5.92 Å². The largest absolute Gasteiger partial charge is 0.216 e. The molecule has 1 saturated heterocycles. The first-order valence-corrected chi connectivity index (χ1v) is 4.67. The zero-order valence-corrected chi connectivity index (χ0v) is 8.35. The molecule has 0 amide bonds. The fraction of sp³-hybridized carbons (Fsp3) is 0.667. The zero-order valence-electron chi connectivity index (χ0n) is 8.35. The molecule has 1 rings (SSSR count). The van der Waals surface area contributed by atoms with Crippen LogP contribution in [0.3, 0.4) is 0 Å². The van der Waals surface area contributed by atoms with Gasteiger partial charge in [-0.3, -0.25) is 0 Å². The minimum atomic E-state index is 0.193. The summed E-state index contributed by atoms with van der Waals surface area (Å²) in [4.78, 5) is 0. The van der Waals surface area contributed by atoms with Crippen LogP contribution in [0.25, 0.3) is 0 Å². The van der Waals surface area contributed by atoms with E-state index in [1.54, 1.807) is 10.0 Å². The third kappa shape index (κ3) is 3.53. The number of hydrazine groups is 2. The van der Waals surface area contributed by atoms with Gasteiger partial charge in [-0.15, -0.1) is 0 Å². The summed E-state index contributed by atoms with van der Waals surface area (Å²) in [5, 5.41) is 29.2. The molecular weight excluding hydrogens is 192 g/mol. The van der Waals surface area contributed by atoms with Crippen molar-refractivity contribution in [3.8, 4) is 18.2 Å². The van der Waals surface area contributed by atoms with Crippen LogP contribution in [0.4, 0.5) is 0 Å². The number of nitrogens with zero attached hydrogens (tertiary/aromatic N) is 5. The summed E-state index contributed by atoms with van der Waals surface area (Å²) in [6, 6.07) is 6.18. The summed E-state index contributed by atoms with van der Waals surface area (Å²) >= 11 is 0. The number of hydrogen-bond donors (Lipinski definition) is 1. The average Bonchev–Trinajstić information content (AvgIpc) is 2.19. The average molecular weight is 204 g/mol. The van der Waals surface area contributed by atoms with Gasteiger partial charge in [0.15, 0.2) is 0 Å². The monoisotopic (exact) mass is 204 g/mol. The van der Waals surface area contributed by atoms with Crippen LogP contribution in [-0.2, 0) is 0 Å². The fourth-order valence-corrected chi connectivity index (χ4v) is 1.59. The molecule has 0 aromatic rings. The number of nitriles is 3. The lowest BCUT2D eigenvalue weighted by molar-refractivity contribution is -0.0259. The third-order valence-electron chi connectivity index (χ3n) is 2.14. The second-order valence-electron chi connectivity index (χ2n) is 3.41. The van der Waals surface area contributed by atoms with Gasteiger partial charge in [0.1, 0.15) is 13.1 Å². The fourth-order valence-electron chi connectivity index (χ4n) is 1.59. The van der Waals surface area contributed by atoms with E-state index in [0.29, 0.717) is 19.5 Å². The van der Waals surface area contributed by atoms with Crippen LogP contribution in [-0.4, -0.2) is 36.2 Å². The van der Waals surface area contributed by atoms with Gasteiger partial charge in [-0.25, -0.2) is 10.0 Å². The van der Waals surface area contributed by atoms with Crippen LogP contribution in [0.15, 0.2) is 0 Å². The lowest BCUT2D eigenvalue weighted by Crippen LogP contribution is -2.58. The molecule has 0 aromatic heterocycles. The van der Waals surface area contributed by atoms with Gasteiger partial charge >= 0.3 is 0 Å². The summed E-state index contributed by atoms with van der Waals surface area (Å²) in [6.07, 6.45) is 0.450. The molecule has 0 bridgehead atoms. The molecular formula is C9H12N6. The van der Waals surface area contributed by atoms with E-state index in [9.17, 15) is 0 Å². The lowest BCUT2D eigenvalue weighted by Gasteiger charge is -2.37. The Labute approximate surface area is 88.8 Å². The van der Waals surface area contributed by atoms with Gasteiger partial charge in [0.2, 0.25) is 0 Å². The van der Waals surface area contributed by atoms with Gasteiger partial charge in [0.05, 0.1) is 18.2 Å². The van der Waals surface area contributed by atoms with Gasteiger partial charge in [0, 0.05) is 25.4 Å². The van der Waals surface area contributed by atoms with Crippen LogP contribution in [0.2, 0.25) is 0 Å². The van der Waals surface area contributed by atoms with E-state index >= 15 is 0 Å². The Kier molecular flexibility index (Phi) is 4.53. The highest BCUT2D eigenvalue weighted by atomic mass is 15.8. The minimum absolute atomic E-state index is 0.193. The Balaban J connectivity index is 2.54. The third-order valence-corrected chi connectivity index (χ3v) is 2.14. The van der Waals surface area contributed by atoms with E-state index in [2.05, 4.69) is 11.6 Å². The van der Waals surface area contributed by atoms with Crippen molar-refractivity contribution >= 4 is 0 Å². The Morgan fingerprint density at radius 2 is 1.53 bits per heavy atom. The highest BCUT2D eigenvalue weighted by molar-refractivity contribution is 4.86. The molecule has 0 aliphatic carbocycles. The highest BCUT2D eigenvalue weighted by Gasteiger charge is 2.24. The van der Waals surface area contributed by atoms with E-state index < -0.39 is 0 Å². The summed E-state index contributed by atoms with van der Waals surface area (Å²) in [7, 11) is 0. The highest BCUT2D eigenvalue weighted by Crippen LogP contribution is 2.10. The molecule has 78 valence electrons. The van der Waals surface area contributed by atoms with Crippen molar-refractivity contribution in [1.82, 2.24) is 15.6 Å². The summed E-state index contributed by atoms with van der Waals surface area (Å²) in [5.74, 6) is 0.193. The van der Waals surface area contributed by atoms with E-state index in [1.807, 2.05) is 12.1 Å². The molecule has 1 aliphatic rings. The van der Waals surface area contributed by atoms with E-state index in [1.165, 1.54) is 0 Å². The molecule has 6 heteroatoms. The molecule has 6 nitrogen and oxygen atoms in total. The molecule has 15 heavy (non-hydrogen) atoms. The maximum atomic E-state index is 8.61. The van der Waals surface area contributed by atoms with Gasteiger partial charge in [-0.2, -0.15) is 21.3 Å². The molecule has 1 aliphatic heterocycles. The maximum absolute atomic E-state index is 8.61. The Morgan fingerprint density at radius 3 is 1.93 bits per heavy atom. The molecule has 1 N–H and O–H groups in total. The molecule has 1 heterocycles. The Morgan fingerprint density at radius 1 is 1.00 bits per heavy atom. The molecule has 0 unspecified atom stereocenters. The van der Waals surface area contributed by atoms with Crippen LogP contribution in [0.1, 0.15) is 6.42 Å². The predicted molar refractivity (Wildman–Crippen MR) is 51.2 cm³/mol. The lowest BCUT2D eigenvalue weighted by atomic mass is 10.1. The van der Waals surface area contributed by atoms with Crippen LogP contribution in [0, 0.1) is 39.9 Å². The van der Waals surface area contributed by atoms with Crippen molar-refractivity contribution in [1.29, 1.82) is 15.8 Å². The molecule has 0 spiro atoms. The van der Waals surface area contributed by atoms with Gasteiger partial charge < -0.3 is 0 Å². The summed E-state index contributed by atoms with van der Waals surface area (Å²) < 4.78 is 0. The SMILES string of the molecule is N#CCC1CN(CC#N)NN(CC#N)C1. The van der Waals surface area contributed by atoms with Crippen LogP contribution < -0.4 is 5.53 Å². The van der Waals surface area contributed by atoms with Crippen molar-refractivity contribution in [3.63, 3.8) is 0 Å². The zero-order chi connectivity index (χ0) is 11.1. The van der Waals surface area contributed by atoms with E-state index in [0.717, 1.165) is 0 Å². The van der Waals surface area contributed by atoms with Crippen molar-refractivity contribution in [3.05, 3.63) is 0 Å². The topological polar surface area (TPSA) is 89.9 Å². The van der Waals surface area contributed by atoms with Crippen LogP contribution in [0.5, 0.6) is 0 Å². The molecule has 0 saturated carbocycles. The first kappa shape index (κ1) is 11.4. The van der Waals surface area contributed by atoms with Gasteiger partial charge in [-0.05, 0) is 0 Å². The van der Waals surface area contributed by atoms with Crippen LogP contribution >= 0.6 is 0 Å². The van der Waals surface area contributed by atoms with Gasteiger partial charge in [-0.1, -0.05) is 0 Å². The predicted octanol–water partition coefficient (Wildman–Crippen LogP) is -0.399. The van der Waals surface area contributed by atoms with Gasteiger partial charge in [0.25, 0.3) is 0 Å².